The Hall–Kier alpha value is -1.10. The van der Waals surface area contributed by atoms with E-state index in [1.807, 2.05) is 0 Å². The quantitative estimate of drug-likeness (QED) is 0.657. The van der Waals surface area contributed by atoms with Crippen LogP contribution in [0.1, 0.15) is 41.0 Å². The van der Waals surface area contributed by atoms with Gasteiger partial charge in [-0.2, -0.15) is 0 Å². The summed E-state index contributed by atoms with van der Waals surface area (Å²) in [7, 11) is 0. The van der Waals surface area contributed by atoms with Gasteiger partial charge in [0.25, 0.3) is 0 Å². The first-order valence-electron chi connectivity index (χ1n) is 6.14. The van der Waals surface area contributed by atoms with Crippen molar-refractivity contribution in [2.75, 3.05) is 13.1 Å². The van der Waals surface area contributed by atoms with E-state index in [1.54, 1.807) is 13.8 Å². The Labute approximate surface area is 104 Å². The summed E-state index contributed by atoms with van der Waals surface area (Å²) in [4.78, 5) is 22.7. The van der Waals surface area contributed by atoms with E-state index in [0.29, 0.717) is 6.54 Å². The zero-order valence-corrected chi connectivity index (χ0v) is 11.5. The Bertz CT molecular complexity index is 264. The van der Waals surface area contributed by atoms with Gasteiger partial charge in [0.2, 0.25) is 5.91 Å². The van der Waals surface area contributed by atoms with Crippen LogP contribution in [0.3, 0.4) is 0 Å². The second-order valence-corrected chi connectivity index (χ2v) is 4.97. The SMILES string of the molecule is CCNC(=O)NC(=O)C(C)NCC(C)(C)CC. The van der Waals surface area contributed by atoms with E-state index in [-0.39, 0.29) is 17.4 Å². The third-order valence-electron chi connectivity index (χ3n) is 2.81. The molecule has 0 radical (unpaired) electrons. The smallest absolute Gasteiger partial charge is 0.321 e. The fraction of sp³-hybridized carbons (Fsp3) is 0.833. The molecule has 0 aromatic carbocycles. The molecule has 17 heavy (non-hydrogen) atoms. The molecule has 3 amide bonds. The third kappa shape index (κ3) is 6.94. The molecular formula is C12H25N3O2. The Morgan fingerprint density at radius 1 is 1.24 bits per heavy atom. The zero-order valence-electron chi connectivity index (χ0n) is 11.5. The maximum absolute atomic E-state index is 11.6. The lowest BCUT2D eigenvalue weighted by molar-refractivity contribution is -0.121. The van der Waals surface area contributed by atoms with Crippen molar-refractivity contribution >= 4 is 11.9 Å². The van der Waals surface area contributed by atoms with Crippen molar-refractivity contribution in [3.63, 3.8) is 0 Å². The average Bonchev–Trinajstić information content (AvgIpc) is 2.26. The largest absolute Gasteiger partial charge is 0.338 e. The summed E-state index contributed by atoms with van der Waals surface area (Å²) < 4.78 is 0. The molecule has 0 aliphatic carbocycles. The fourth-order valence-electron chi connectivity index (χ4n) is 1.07. The summed E-state index contributed by atoms with van der Waals surface area (Å²) in [5, 5.41) is 7.93. The number of carbonyl (C=O) groups is 2. The average molecular weight is 243 g/mol. The number of amides is 3. The molecule has 5 heteroatoms. The summed E-state index contributed by atoms with van der Waals surface area (Å²) in [6, 6.07) is -0.815. The molecule has 3 N–H and O–H groups in total. The highest BCUT2D eigenvalue weighted by molar-refractivity contribution is 5.96. The number of hydrogen-bond acceptors (Lipinski definition) is 3. The van der Waals surface area contributed by atoms with Crippen molar-refractivity contribution in [3.8, 4) is 0 Å². The van der Waals surface area contributed by atoms with Gasteiger partial charge in [0.05, 0.1) is 6.04 Å². The predicted molar refractivity (Wildman–Crippen MR) is 68.8 cm³/mol. The highest BCUT2D eigenvalue weighted by Crippen LogP contribution is 2.17. The topological polar surface area (TPSA) is 70.2 Å². The molecule has 0 rings (SSSR count). The Morgan fingerprint density at radius 2 is 1.82 bits per heavy atom. The van der Waals surface area contributed by atoms with Crippen molar-refractivity contribution in [1.82, 2.24) is 16.0 Å². The van der Waals surface area contributed by atoms with Crippen LogP contribution in [-0.2, 0) is 4.79 Å². The summed E-state index contributed by atoms with van der Waals surface area (Å²) in [6.07, 6.45) is 1.03. The third-order valence-corrected chi connectivity index (χ3v) is 2.81. The number of rotatable bonds is 6. The van der Waals surface area contributed by atoms with E-state index in [2.05, 4.69) is 36.7 Å². The predicted octanol–water partition coefficient (Wildman–Crippen LogP) is 1.25. The van der Waals surface area contributed by atoms with E-state index in [0.717, 1.165) is 13.0 Å². The molecule has 1 atom stereocenters. The van der Waals surface area contributed by atoms with Crippen LogP contribution >= 0.6 is 0 Å². The Morgan fingerprint density at radius 3 is 2.29 bits per heavy atom. The molecule has 0 aromatic heterocycles. The minimum Gasteiger partial charge on any atom is -0.338 e. The van der Waals surface area contributed by atoms with Crippen LogP contribution in [0.2, 0.25) is 0 Å². The van der Waals surface area contributed by atoms with Crippen LogP contribution in [0.5, 0.6) is 0 Å². The van der Waals surface area contributed by atoms with Gasteiger partial charge in [-0.25, -0.2) is 4.79 Å². The standard InChI is InChI=1S/C12H25N3O2/c1-6-12(4,5)8-14-9(3)10(16)15-11(17)13-7-2/h9,14H,6-8H2,1-5H3,(H2,13,15,16,17). The highest BCUT2D eigenvalue weighted by atomic mass is 16.2. The maximum atomic E-state index is 11.6. The van der Waals surface area contributed by atoms with E-state index < -0.39 is 6.03 Å². The first kappa shape index (κ1) is 15.9. The van der Waals surface area contributed by atoms with Crippen LogP contribution in [0.4, 0.5) is 4.79 Å². The first-order valence-corrected chi connectivity index (χ1v) is 6.14. The number of carbonyl (C=O) groups excluding carboxylic acids is 2. The Balaban J connectivity index is 4.02. The molecule has 1 unspecified atom stereocenters. The summed E-state index contributed by atoms with van der Waals surface area (Å²) in [5.41, 5.74) is 0.153. The molecular weight excluding hydrogens is 218 g/mol. The number of urea groups is 1. The van der Waals surface area contributed by atoms with Crippen molar-refractivity contribution in [2.45, 2.75) is 47.1 Å². The molecule has 0 aromatic rings. The van der Waals surface area contributed by atoms with Gasteiger partial charge in [0.1, 0.15) is 0 Å². The summed E-state index contributed by atoms with van der Waals surface area (Å²) >= 11 is 0. The maximum Gasteiger partial charge on any atom is 0.321 e. The van der Waals surface area contributed by atoms with Gasteiger partial charge in [0, 0.05) is 13.1 Å². The van der Waals surface area contributed by atoms with E-state index in [1.165, 1.54) is 0 Å². The van der Waals surface area contributed by atoms with E-state index in [9.17, 15) is 9.59 Å². The number of nitrogens with one attached hydrogen (secondary N) is 3. The number of hydrogen-bond donors (Lipinski definition) is 3. The summed E-state index contributed by atoms with van der Waals surface area (Å²) in [5.74, 6) is -0.303. The molecule has 0 saturated heterocycles. The van der Waals surface area contributed by atoms with Crippen molar-refractivity contribution in [1.29, 1.82) is 0 Å². The van der Waals surface area contributed by atoms with Crippen LogP contribution < -0.4 is 16.0 Å². The lowest BCUT2D eigenvalue weighted by atomic mass is 9.90. The molecule has 100 valence electrons. The lowest BCUT2D eigenvalue weighted by Crippen LogP contribution is -2.49. The van der Waals surface area contributed by atoms with Crippen molar-refractivity contribution in [2.24, 2.45) is 5.41 Å². The van der Waals surface area contributed by atoms with E-state index in [4.69, 9.17) is 0 Å². The fourth-order valence-corrected chi connectivity index (χ4v) is 1.07. The number of imide groups is 1. The van der Waals surface area contributed by atoms with Gasteiger partial charge in [0.15, 0.2) is 0 Å². The summed E-state index contributed by atoms with van der Waals surface area (Å²) in [6.45, 7) is 11.2. The van der Waals surface area contributed by atoms with Gasteiger partial charge < -0.3 is 10.6 Å². The van der Waals surface area contributed by atoms with Crippen molar-refractivity contribution < 1.29 is 9.59 Å². The Kier molecular flexibility index (Phi) is 6.80. The highest BCUT2D eigenvalue weighted by Gasteiger charge is 2.19. The van der Waals surface area contributed by atoms with Crippen LogP contribution in [-0.4, -0.2) is 31.1 Å². The molecule has 5 nitrogen and oxygen atoms in total. The van der Waals surface area contributed by atoms with Gasteiger partial charge >= 0.3 is 6.03 Å². The molecule has 0 fully saturated rings. The molecule has 0 heterocycles. The van der Waals surface area contributed by atoms with Gasteiger partial charge in [-0.1, -0.05) is 20.8 Å². The van der Waals surface area contributed by atoms with Crippen LogP contribution in [0, 0.1) is 5.41 Å². The first-order chi connectivity index (χ1) is 7.82. The zero-order chi connectivity index (χ0) is 13.5. The van der Waals surface area contributed by atoms with Gasteiger partial charge in [-0.15, -0.1) is 0 Å². The van der Waals surface area contributed by atoms with E-state index >= 15 is 0 Å². The second-order valence-electron chi connectivity index (χ2n) is 4.97. The van der Waals surface area contributed by atoms with Crippen LogP contribution in [0.25, 0.3) is 0 Å². The lowest BCUT2D eigenvalue weighted by Gasteiger charge is -2.25. The molecule has 0 bridgehead atoms. The molecule has 0 aliphatic rings. The molecule has 0 aliphatic heterocycles. The van der Waals surface area contributed by atoms with Gasteiger partial charge in [-0.05, 0) is 25.7 Å². The van der Waals surface area contributed by atoms with Crippen LogP contribution in [0.15, 0.2) is 0 Å². The molecule has 0 saturated carbocycles. The molecule has 0 spiro atoms. The second kappa shape index (κ2) is 7.27. The monoisotopic (exact) mass is 243 g/mol. The minimum atomic E-state index is -0.444. The normalized spacial score (nSPS) is 13.0. The van der Waals surface area contributed by atoms with Crippen molar-refractivity contribution in [3.05, 3.63) is 0 Å². The van der Waals surface area contributed by atoms with Gasteiger partial charge in [-0.3, -0.25) is 10.1 Å². The minimum absolute atomic E-state index is 0.153.